The minimum Gasteiger partial charge on any atom is -0.463 e. The van der Waals surface area contributed by atoms with E-state index in [1.165, 1.54) is 12.1 Å². The number of carbonyl (C=O) groups is 1. The molecule has 0 N–H and O–H groups in total. The molecule has 6 aromatic rings. The highest BCUT2D eigenvalue weighted by atomic mass is 32.2. The number of nitrogens with zero attached hydrogens (tertiary/aromatic N) is 2. The van der Waals surface area contributed by atoms with E-state index in [9.17, 15) is 26.4 Å². The molecule has 1 unspecified atom stereocenters. The van der Waals surface area contributed by atoms with Crippen LogP contribution in [0.15, 0.2) is 103 Å². The monoisotopic (exact) mass is 724 g/mol. The number of esters is 1. The van der Waals surface area contributed by atoms with Crippen LogP contribution in [0, 0.1) is 23.2 Å². The van der Waals surface area contributed by atoms with Gasteiger partial charge in [0.25, 0.3) is 0 Å². The van der Waals surface area contributed by atoms with Crippen LogP contribution in [0.25, 0.3) is 49.7 Å². The largest absolute Gasteiger partial charge is 0.463 e. The lowest BCUT2D eigenvalue weighted by atomic mass is 9.49. The summed E-state index contributed by atoms with van der Waals surface area (Å²) in [6.07, 6.45) is -0.434. The summed E-state index contributed by atoms with van der Waals surface area (Å²) < 4.78 is 83.9. The molecule has 1 atom stereocenters. The quantitative estimate of drug-likeness (QED) is 0.0884. The number of benzene rings is 5. The van der Waals surface area contributed by atoms with Crippen molar-refractivity contribution in [2.24, 2.45) is 23.2 Å². The van der Waals surface area contributed by atoms with Gasteiger partial charge in [0.2, 0.25) is 5.25 Å². The van der Waals surface area contributed by atoms with Crippen LogP contribution in [0.3, 0.4) is 0 Å². The maximum atomic E-state index is 14.6. The molecule has 52 heavy (non-hydrogen) atoms. The smallest absolute Gasteiger partial charge is 0.412 e. The molecule has 7 nitrogen and oxygen atoms in total. The van der Waals surface area contributed by atoms with E-state index in [-0.39, 0.29) is 17.1 Å². The van der Waals surface area contributed by atoms with Gasteiger partial charge >= 0.3 is 22.3 Å². The van der Waals surface area contributed by atoms with E-state index in [0.717, 1.165) is 46.3 Å². The fraction of sp³-hybridized carbons (Fsp3) is 0.317. The minimum absolute atomic E-state index is 0.172. The Labute approximate surface area is 298 Å². The Morgan fingerprint density at radius 2 is 1.31 bits per heavy atom. The van der Waals surface area contributed by atoms with Gasteiger partial charge in [-0.2, -0.15) is 21.6 Å². The molecule has 1 aromatic heterocycles. The van der Waals surface area contributed by atoms with E-state index in [0.29, 0.717) is 48.2 Å². The van der Waals surface area contributed by atoms with Crippen molar-refractivity contribution in [1.29, 1.82) is 0 Å². The lowest BCUT2D eigenvalue weighted by Gasteiger charge is -2.55. The summed E-state index contributed by atoms with van der Waals surface area (Å²) in [7, 11) is -5.43. The highest BCUT2D eigenvalue weighted by molar-refractivity contribution is 7.87. The van der Waals surface area contributed by atoms with Crippen LogP contribution in [-0.4, -0.2) is 42.0 Å². The molecule has 10 rings (SSSR count). The number of carbonyl (C=O) groups excluding carboxylic acids is 1. The van der Waals surface area contributed by atoms with Gasteiger partial charge in [0.1, 0.15) is 12.4 Å². The van der Waals surface area contributed by atoms with Gasteiger partial charge in [0, 0.05) is 16.5 Å². The van der Waals surface area contributed by atoms with Crippen molar-refractivity contribution in [3.8, 4) is 22.8 Å². The SMILES string of the molecule is O=C(OCC(C(F)(F)F)S(=O)(=O)Oc1ccccc1-c1nc2c3ccccc3c3ccccc3c2n1-c1ccccc1)C12CC3CC(CC(C3)C1)C2. The summed E-state index contributed by atoms with van der Waals surface area (Å²) in [5, 5.41) is 0.612. The average Bonchev–Trinajstić information content (AvgIpc) is 3.52. The van der Waals surface area contributed by atoms with Gasteiger partial charge in [0.15, 0.2) is 5.75 Å². The molecule has 4 bridgehead atoms. The maximum absolute atomic E-state index is 14.6. The number of para-hydroxylation sites is 2. The zero-order chi connectivity index (χ0) is 35.8. The molecule has 4 saturated carbocycles. The van der Waals surface area contributed by atoms with Crippen LogP contribution in [0.2, 0.25) is 0 Å². The molecule has 0 amide bonds. The molecule has 4 aliphatic rings. The second-order valence-corrected chi connectivity index (χ2v) is 16.5. The zero-order valence-electron chi connectivity index (χ0n) is 28.1. The van der Waals surface area contributed by atoms with Gasteiger partial charge in [-0.25, -0.2) is 4.98 Å². The third-order valence-electron chi connectivity index (χ3n) is 11.4. The molecule has 266 valence electrons. The van der Waals surface area contributed by atoms with E-state index in [1.54, 1.807) is 12.1 Å². The lowest BCUT2D eigenvalue weighted by molar-refractivity contribution is -0.178. The standard InChI is InChI=1S/C41H35F3N2O5S/c42-41(43,44)35(24-50-39(47)40-21-25-18-26(22-40)20-27(19-25)23-40)52(48,49)51-34-17-9-8-16-33(34)38-45-36-31-14-6-4-12-29(31)30-13-5-7-15-32(30)37(36)46(38)28-10-2-1-3-11-28/h1-17,25-27,35H,18-24H2. The first-order chi connectivity index (χ1) is 25.0. The minimum atomic E-state index is -5.43. The van der Waals surface area contributed by atoms with Gasteiger partial charge < -0.3 is 8.92 Å². The Bertz CT molecular complexity index is 2440. The second kappa shape index (κ2) is 12.1. The maximum Gasteiger partial charge on any atom is 0.412 e. The number of alkyl halides is 3. The third-order valence-corrected chi connectivity index (χ3v) is 12.9. The van der Waals surface area contributed by atoms with Gasteiger partial charge in [-0.3, -0.25) is 9.36 Å². The number of hydrogen-bond acceptors (Lipinski definition) is 6. The highest BCUT2D eigenvalue weighted by Gasteiger charge is 2.57. The Morgan fingerprint density at radius 3 is 1.94 bits per heavy atom. The number of hydrogen-bond donors (Lipinski definition) is 0. The summed E-state index contributed by atoms with van der Waals surface area (Å²) in [6.45, 7) is -1.38. The fourth-order valence-electron chi connectivity index (χ4n) is 9.63. The van der Waals surface area contributed by atoms with Crippen molar-refractivity contribution in [3.05, 3.63) is 103 Å². The van der Waals surface area contributed by atoms with Crippen LogP contribution in [0.5, 0.6) is 5.75 Å². The van der Waals surface area contributed by atoms with Crippen molar-refractivity contribution < 1.29 is 35.3 Å². The lowest BCUT2D eigenvalue weighted by Crippen LogP contribution is -2.51. The van der Waals surface area contributed by atoms with Gasteiger partial charge in [0.05, 0.1) is 22.0 Å². The van der Waals surface area contributed by atoms with E-state index < -0.39 is 39.5 Å². The second-order valence-electron chi connectivity index (χ2n) is 14.8. The zero-order valence-corrected chi connectivity index (χ0v) is 28.9. The molecule has 1 heterocycles. The predicted molar refractivity (Wildman–Crippen MR) is 192 cm³/mol. The molecule has 0 spiro atoms. The first-order valence-electron chi connectivity index (χ1n) is 17.6. The summed E-state index contributed by atoms with van der Waals surface area (Å²) >= 11 is 0. The summed E-state index contributed by atoms with van der Waals surface area (Å²) in [5.41, 5.74) is 1.43. The number of imidazole rings is 1. The molecule has 11 heteroatoms. The molecule has 0 radical (unpaired) electrons. The summed E-state index contributed by atoms with van der Waals surface area (Å²) in [6, 6.07) is 31.1. The van der Waals surface area contributed by atoms with Crippen molar-refractivity contribution in [2.75, 3.05) is 6.61 Å². The molecule has 4 aliphatic carbocycles. The molecule has 0 saturated heterocycles. The topological polar surface area (TPSA) is 87.5 Å². The number of halogens is 3. The molecular weight excluding hydrogens is 690 g/mol. The van der Waals surface area contributed by atoms with Crippen molar-refractivity contribution in [2.45, 2.75) is 50.0 Å². The van der Waals surface area contributed by atoms with Crippen molar-refractivity contribution in [1.82, 2.24) is 9.55 Å². The number of fused-ring (bicyclic) bond motifs is 6. The predicted octanol–water partition coefficient (Wildman–Crippen LogP) is 9.40. The van der Waals surface area contributed by atoms with Crippen LogP contribution >= 0.6 is 0 Å². The molecule has 0 aliphatic heterocycles. The van der Waals surface area contributed by atoms with Crippen LogP contribution < -0.4 is 4.18 Å². The highest BCUT2D eigenvalue weighted by Crippen LogP contribution is 2.60. The molecular formula is C41H35F3N2O5S. The number of aromatic nitrogens is 2. The first-order valence-corrected chi connectivity index (χ1v) is 19.1. The van der Waals surface area contributed by atoms with E-state index in [1.807, 2.05) is 83.4 Å². The third kappa shape index (κ3) is 5.43. The van der Waals surface area contributed by atoms with Crippen LogP contribution in [-0.2, 0) is 19.6 Å². The van der Waals surface area contributed by atoms with E-state index >= 15 is 0 Å². The van der Waals surface area contributed by atoms with Crippen molar-refractivity contribution in [3.63, 3.8) is 0 Å². The van der Waals surface area contributed by atoms with Crippen LogP contribution in [0.4, 0.5) is 13.2 Å². The van der Waals surface area contributed by atoms with Crippen LogP contribution in [0.1, 0.15) is 38.5 Å². The van der Waals surface area contributed by atoms with Gasteiger partial charge in [-0.1, -0.05) is 78.9 Å². The Kier molecular flexibility index (Phi) is 7.66. The Morgan fingerprint density at radius 1 is 0.769 bits per heavy atom. The van der Waals surface area contributed by atoms with Crippen molar-refractivity contribution >= 4 is 48.7 Å². The normalized spacial score (nSPS) is 23.3. The van der Waals surface area contributed by atoms with Gasteiger partial charge in [-0.15, -0.1) is 0 Å². The fourth-order valence-corrected chi connectivity index (χ4v) is 10.7. The molecule has 4 fully saturated rings. The van der Waals surface area contributed by atoms with E-state index in [4.69, 9.17) is 13.9 Å². The number of ether oxygens (including phenoxy) is 1. The Hall–Kier alpha value is -4.90. The summed E-state index contributed by atoms with van der Waals surface area (Å²) in [5.74, 6) is 0.300. The molecule has 5 aromatic carbocycles. The van der Waals surface area contributed by atoms with E-state index in [2.05, 4.69) is 0 Å². The average molecular weight is 725 g/mol. The first kappa shape index (κ1) is 33.0. The van der Waals surface area contributed by atoms with Gasteiger partial charge in [-0.05, 0) is 91.3 Å². The summed E-state index contributed by atoms with van der Waals surface area (Å²) in [4.78, 5) is 18.5. The number of rotatable bonds is 8. The Balaban J connectivity index is 1.12.